The Hall–Kier alpha value is -1.79. The van der Waals surface area contributed by atoms with Crippen LogP contribution in [-0.4, -0.2) is 41.6 Å². The van der Waals surface area contributed by atoms with Gasteiger partial charge in [-0.3, -0.25) is 9.59 Å². The second-order valence-corrected chi connectivity index (χ2v) is 8.00. The van der Waals surface area contributed by atoms with Gasteiger partial charge in [0.1, 0.15) is 0 Å². The van der Waals surface area contributed by atoms with E-state index in [9.17, 15) is 14.4 Å². The van der Waals surface area contributed by atoms with Gasteiger partial charge in [-0.15, -0.1) is 0 Å². The van der Waals surface area contributed by atoms with Crippen LogP contribution in [0.3, 0.4) is 0 Å². The van der Waals surface area contributed by atoms with E-state index in [4.69, 9.17) is 5.11 Å². The lowest BCUT2D eigenvalue weighted by molar-refractivity contribution is -0.142. The molecule has 27 heavy (non-hydrogen) atoms. The molecule has 0 aliphatic heterocycles. The molecule has 3 amide bonds. The maximum atomic E-state index is 12.0. The third-order valence-electron chi connectivity index (χ3n) is 5.75. The fourth-order valence-electron chi connectivity index (χ4n) is 4.06. The molecular formula is C20H35N3O4. The van der Waals surface area contributed by atoms with Gasteiger partial charge in [-0.2, -0.15) is 0 Å². The SMILES string of the molecule is O=C(CCCCCNC(=O)NC1CCCCC1)NC1CCC(C(=O)O)CC1. The van der Waals surface area contributed by atoms with Crippen LogP contribution in [0.25, 0.3) is 0 Å². The minimum absolute atomic E-state index is 0.0526. The summed E-state index contributed by atoms with van der Waals surface area (Å²) in [4.78, 5) is 34.7. The van der Waals surface area contributed by atoms with Gasteiger partial charge in [0, 0.05) is 25.0 Å². The molecule has 7 nitrogen and oxygen atoms in total. The zero-order chi connectivity index (χ0) is 19.5. The van der Waals surface area contributed by atoms with E-state index in [0.29, 0.717) is 31.8 Å². The van der Waals surface area contributed by atoms with Gasteiger partial charge < -0.3 is 21.1 Å². The smallest absolute Gasteiger partial charge is 0.315 e. The summed E-state index contributed by atoms with van der Waals surface area (Å²) in [6.07, 6.45) is 11.7. The quantitative estimate of drug-likeness (QED) is 0.461. The molecule has 0 aromatic carbocycles. The number of rotatable bonds is 9. The Kier molecular flexibility index (Phi) is 9.42. The fourth-order valence-corrected chi connectivity index (χ4v) is 4.06. The molecule has 0 aromatic rings. The minimum Gasteiger partial charge on any atom is -0.481 e. The number of carbonyl (C=O) groups excluding carboxylic acids is 2. The van der Waals surface area contributed by atoms with Crippen LogP contribution >= 0.6 is 0 Å². The molecule has 2 rings (SSSR count). The molecule has 0 bridgehead atoms. The van der Waals surface area contributed by atoms with E-state index >= 15 is 0 Å². The number of amides is 3. The van der Waals surface area contributed by atoms with Gasteiger partial charge >= 0.3 is 12.0 Å². The fraction of sp³-hybridized carbons (Fsp3) is 0.850. The maximum Gasteiger partial charge on any atom is 0.315 e. The van der Waals surface area contributed by atoms with Crippen LogP contribution < -0.4 is 16.0 Å². The molecule has 2 saturated carbocycles. The van der Waals surface area contributed by atoms with Gasteiger partial charge in [0.05, 0.1) is 5.92 Å². The highest BCUT2D eigenvalue weighted by Crippen LogP contribution is 2.24. The van der Waals surface area contributed by atoms with Crippen LogP contribution in [0.4, 0.5) is 4.79 Å². The number of hydrogen-bond acceptors (Lipinski definition) is 3. The monoisotopic (exact) mass is 381 g/mol. The van der Waals surface area contributed by atoms with Crippen molar-refractivity contribution >= 4 is 17.9 Å². The van der Waals surface area contributed by atoms with Crippen LogP contribution in [-0.2, 0) is 9.59 Å². The highest BCUT2D eigenvalue weighted by atomic mass is 16.4. The van der Waals surface area contributed by atoms with E-state index in [1.165, 1.54) is 19.3 Å². The molecule has 4 N–H and O–H groups in total. The molecule has 7 heteroatoms. The number of carboxylic acids is 1. The van der Waals surface area contributed by atoms with Gasteiger partial charge in [0.2, 0.25) is 5.91 Å². The average molecular weight is 382 g/mol. The number of hydrogen-bond donors (Lipinski definition) is 4. The van der Waals surface area contributed by atoms with Crippen molar-refractivity contribution in [2.24, 2.45) is 5.92 Å². The molecule has 2 aliphatic carbocycles. The minimum atomic E-state index is -0.721. The molecule has 154 valence electrons. The van der Waals surface area contributed by atoms with E-state index in [2.05, 4.69) is 16.0 Å². The zero-order valence-electron chi connectivity index (χ0n) is 16.3. The van der Waals surface area contributed by atoms with Crippen LogP contribution in [0.15, 0.2) is 0 Å². The summed E-state index contributed by atoms with van der Waals surface area (Å²) in [5.74, 6) is -0.918. The lowest BCUT2D eigenvalue weighted by Crippen LogP contribution is -2.43. The van der Waals surface area contributed by atoms with Crippen LogP contribution in [0.1, 0.15) is 83.5 Å². The largest absolute Gasteiger partial charge is 0.481 e. The summed E-state index contributed by atoms with van der Waals surface area (Å²) in [6.45, 7) is 0.638. The molecular weight excluding hydrogens is 346 g/mol. The number of carbonyl (C=O) groups is 3. The number of nitrogens with one attached hydrogen (secondary N) is 3. The Balaban J connectivity index is 1.44. The van der Waals surface area contributed by atoms with E-state index < -0.39 is 5.97 Å². The van der Waals surface area contributed by atoms with Crippen molar-refractivity contribution in [2.75, 3.05) is 6.54 Å². The molecule has 0 aromatic heterocycles. The van der Waals surface area contributed by atoms with Crippen LogP contribution in [0, 0.1) is 5.92 Å². The topological polar surface area (TPSA) is 108 Å². The van der Waals surface area contributed by atoms with E-state index in [1.54, 1.807) is 0 Å². The second-order valence-electron chi connectivity index (χ2n) is 8.00. The summed E-state index contributed by atoms with van der Waals surface area (Å²) in [5, 5.41) is 17.9. The van der Waals surface area contributed by atoms with Crippen molar-refractivity contribution in [1.29, 1.82) is 0 Å². The Morgan fingerprint density at radius 3 is 2.11 bits per heavy atom. The average Bonchev–Trinajstić information content (AvgIpc) is 2.65. The van der Waals surface area contributed by atoms with Crippen LogP contribution in [0.5, 0.6) is 0 Å². The van der Waals surface area contributed by atoms with Gasteiger partial charge in [0.15, 0.2) is 0 Å². The highest BCUT2D eigenvalue weighted by Gasteiger charge is 2.26. The van der Waals surface area contributed by atoms with E-state index in [0.717, 1.165) is 44.9 Å². The van der Waals surface area contributed by atoms with Gasteiger partial charge in [-0.05, 0) is 51.4 Å². The summed E-state index contributed by atoms with van der Waals surface area (Å²) < 4.78 is 0. The standard InChI is InChI=1S/C20H35N3O4/c24-18(22-17-12-10-15(11-13-17)19(25)26)9-5-2-6-14-21-20(27)23-16-7-3-1-4-8-16/h15-17H,1-14H2,(H,22,24)(H,25,26)(H2,21,23,27). The Labute approximate surface area is 162 Å². The van der Waals surface area contributed by atoms with Crippen molar-refractivity contribution in [2.45, 2.75) is 95.6 Å². The van der Waals surface area contributed by atoms with Gasteiger partial charge in [0.25, 0.3) is 0 Å². The van der Waals surface area contributed by atoms with Crippen molar-refractivity contribution in [3.05, 3.63) is 0 Å². The van der Waals surface area contributed by atoms with Gasteiger partial charge in [-0.25, -0.2) is 4.79 Å². The first-order chi connectivity index (χ1) is 13.0. The first kappa shape index (κ1) is 21.5. The summed E-state index contributed by atoms with van der Waals surface area (Å²) in [7, 11) is 0. The highest BCUT2D eigenvalue weighted by molar-refractivity contribution is 5.76. The van der Waals surface area contributed by atoms with Crippen molar-refractivity contribution < 1.29 is 19.5 Å². The molecule has 0 atom stereocenters. The lowest BCUT2D eigenvalue weighted by Gasteiger charge is -2.26. The molecule has 0 spiro atoms. The number of urea groups is 1. The first-order valence-electron chi connectivity index (χ1n) is 10.6. The number of carboxylic acid groups (broad SMARTS) is 1. The maximum absolute atomic E-state index is 12.0. The Bertz CT molecular complexity index is 484. The molecule has 0 radical (unpaired) electrons. The van der Waals surface area contributed by atoms with Crippen molar-refractivity contribution in [1.82, 2.24) is 16.0 Å². The Morgan fingerprint density at radius 2 is 1.44 bits per heavy atom. The second kappa shape index (κ2) is 11.8. The third kappa shape index (κ3) is 8.63. The first-order valence-corrected chi connectivity index (χ1v) is 10.6. The molecule has 2 aliphatic rings. The van der Waals surface area contributed by atoms with Crippen molar-refractivity contribution in [3.63, 3.8) is 0 Å². The zero-order valence-corrected chi connectivity index (χ0v) is 16.3. The number of aliphatic carboxylic acids is 1. The lowest BCUT2D eigenvalue weighted by atomic mass is 9.86. The molecule has 0 saturated heterocycles. The van der Waals surface area contributed by atoms with Gasteiger partial charge in [-0.1, -0.05) is 25.7 Å². The number of unbranched alkanes of at least 4 members (excludes halogenated alkanes) is 2. The van der Waals surface area contributed by atoms with Crippen molar-refractivity contribution in [3.8, 4) is 0 Å². The Morgan fingerprint density at radius 1 is 0.778 bits per heavy atom. The molecule has 2 fully saturated rings. The third-order valence-corrected chi connectivity index (χ3v) is 5.75. The molecule has 0 heterocycles. The predicted octanol–water partition coefficient (Wildman–Crippen LogP) is 2.94. The summed E-state index contributed by atoms with van der Waals surface area (Å²) >= 11 is 0. The van der Waals surface area contributed by atoms with E-state index in [-0.39, 0.29) is 23.9 Å². The predicted molar refractivity (Wildman–Crippen MR) is 103 cm³/mol. The van der Waals surface area contributed by atoms with Crippen LogP contribution in [0.2, 0.25) is 0 Å². The molecule has 0 unspecified atom stereocenters. The summed E-state index contributed by atoms with van der Waals surface area (Å²) in [5.41, 5.74) is 0. The van der Waals surface area contributed by atoms with E-state index in [1.807, 2.05) is 0 Å². The summed E-state index contributed by atoms with van der Waals surface area (Å²) in [6, 6.07) is 0.378. The normalized spacial score (nSPS) is 23.4.